The Morgan fingerprint density at radius 3 is 1.71 bits per heavy atom. The summed E-state index contributed by atoms with van der Waals surface area (Å²) in [4.78, 5) is 0. The van der Waals surface area contributed by atoms with Crippen molar-refractivity contribution >= 4 is 23.2 Å². The summed E-state index contributed by atoms with van der Waals surface area (Å²) in [7, 11) is 1.00. The van der Waals surface area contributed by atoms with Crippen LogP contribution in [0.4, 0.5) is 0 Å². The van der Waals surface area contributed by atoms with E-state index in [1.807, 2.05) is 0 Å². The second-order valence-electron chi connectivity index (χ2n) is 2.41. The predicted octanol–water partition coefficient (Wildman–Crippen LogP) is 2.37. The molecule has 0 saturated carbocycles. The van der Waals surface area contributed by atoms with Crippen LogP contribution in [0.15, 0.2) is 12.1 Å². The number of benzene rings is 1. The van der Waals surface area contributed by atoms with Crippen LogP contribution in [0.1, 0.15) is 0 Å². The largest absolute Gasteiger partial charge is 0.486 e. The molecule has 0 spiro atoms. The first kappa shape index (κ1) is 11.4. The molecule has 0 saturated heterocycles. The Balaban J connectivity index is 0.000000461. The zero-order chi connectivity index (χ0) is 10.6. The van der Waals surface area contributed by atoms with Crippen LogP contribution in [0.2, 0.25) is 10.0 Å². The van der Waals surface area contributed by atoms with Crippen molar-refractivity contribution in [3.05, 3.63) is 22.2 Å². The second kappa shape index (κ2) is 5.29. The molecule has 0 aliphatic carbocycles. The summed E-state index contributed by atoms with van der Waals surface area (Å²) in [5.74, 6) is 1.33. The highest BCUT2D eigenvalue weighted by Gasteiger charge is 2.13. The Hall–Kier alpha value is -0.640. The van der Waals surface area contributed by atoms with Gasteiger partial charge in [-0.3, -0.25) is 0 Å². The normalized spacial score (nSPS) is 12.9. The molecule has 0 aromatic heterocycles. The predicted molar refractivity (Wildman–Crippen MR) is 55.6 cm³/mol. The molecular weight excluding hydrogens is 227 g/mol. The summed E-state index contributed by atoms with van der Waals surface area (Å²) in [6, 6.07) is 3.33. The van der Waals surface area contributed by atoms with Crippen molar-refractivity contribution in [2.24, 2.45) is 0 Å². The quantitative estimate of drug-likeness (QED) is 0.752. The lowest BCUT2D eigenvalue weighted by molar-refractivity contribution is 0.171. The van der Waals surface area contributed by atoms with E-state index in [1.165, 1.54) is 0 Å². The van der Waals surface area contributed by atoms with Crippen LogP contribution < -0.4 is 9.47 Å². The first-order valence-corrected chi connectivity index (χ1v) is 4.72. The molecule has 0 atom stereocenters. The molecule has 0 fully saturated rings. The minimum absolute atomic E-state index is 0.487. The Morgan fingerprint density at radius 1 is 1.00 bits per heavy atom. The molecule has 0 bridgehead atoms. The van der Waals surface area contributed by atoms with Gasteiger partial charge in [0.2, 0.25) is 0 Å². The molecule has 1 aliphatic rings. The summed E-state index contributed by atoms with van der Waals surface area (Å²) in [5, 5.41) is 7.97. The maximum atomic E-state index is 7.00. The SMILES string of the molecule is CO.Clc1cc2c(cc1Cl)OCCO2. The van der Waals surface area contributed by atoms with Gasteiger partial charge in [0.25, 0.3) is 0 Å². The van der Waals surface area contributed by atoms with Gasteiger partial charge in [-0.2, -0.15) is 0 Å². The van der Waals surface area contributed by atoms with Gasteiger partial charge in [0.1, 0.15) is 13.2 Å². The number of halogens is 2. The zero-order valence-electron chi connectivity index (χ0n) is 7.59. The fourth-order valence-electron chi connectivity index (χ4n) is 1.04. The minimum atomic E-state index is 0.487. The highest BCUT2D eigenvalue weighted by molar-refractivity contribution is 6.42. The highest BCUT2D eigenvalue weighted by Crippen LogP contribution is 2.37. The molecule has 0 unspecified atom stereocenters. The van der Waals surface area contributed by atoms with Crippen molar-refractivity contribution in [1.29, 1.82) is 0 Å². The number of ether oxygens (including phenoxy) is 2. The molecule has 1 aliphatic heterocycles. The zero-order valence-corrected chi connectivity index (χ0v) is 9.10. The van der Waals surface area contributed by atoms with Gasteiger partial charge in [0, 0.05) is 19.2 Å². The Kier molecular flexibility index (Phi) is 4.32. The Bertz CT molecular complexity index is 284. The summed E-state index contributed by atoms with van der Waals surface area (Å²) in [6.45, 7) is 1.12. The highest BCUT2D eigenvalue weighted by atomic mass is 35.5. The average molecular weight is 237 g/mol. The van der Waals surface area contributed by atoms with Crippen molar-refractivity contribution in [3.63, 3.8) is 0 Å². The number of rotatable bonds is 0. The van der Waals surface area contributed by atoms with Crippen molar-refractivity contribution in [2.75, 3.05) is 20.3 Å². The summed E-state index contributed by atoms with van der Waals surface area (Å²) < 4.78 is 10.6. The topological polar surface area (TPSA) is 38.7 Å². The average Bonchev–Trinajstić information content (AvgIpc) is 2.23. The smallest absolute Gasteiger partial charge is 0.162 e. The maximum absolute atomic E-state index is 7.00. The number of fused-ring (bicyclic) bond motifs is 1. The van der Waals surface area contributed by atoms with Crippen LogP contribution >= 0.6 is 23.2 Å². The molecule has 1 aromatic carbocycles. The molecule has 14 heavy (non-hydrogen) atoms. The van der Waals surface area contributed by atoms with E-state index in [1.54, 1.807) is 12.1 Å². The lowest BCUT2D eigenvalue weighted by Gasteiger charge is -2.18. The van der Waals surface area contributed by atoms with Gasteiger partial charge < -0.3 is 14.6 Å². The van der Waals surface area contributed by atoms with E-state index in [9.17, 15) is 0 Å². The molecule has 78 valence electrons. The van der Waals surface area contributed by atoms with Crippen LogP contribution in [0.3, 0.4) is 0 Å². The van der Waals surface area contributed by atoms with Gasteiger partial charge in [-0.15, -0.1) is 0 Å². The first-order valence-electron chi connectivity index (χ1n) is 3.97. The molecule has 1 N–H and O–H groups in total. The van der Waals surface area contributed by atoms with Crippen LogP contribution in [0.25, 0.3) is 0 Å². The van der Waals surface area contributed by atoms with Crippen LogP contribution in [0.5, 0.6) is 11.5 Å². The second-order valence-corrected chi connectivity index (χ2v) is 3.22. The molecular formula is C9H10Cl2O3. The van der Waals surface area contributed by atoms with E-state index in [0.717, 1.165) is 7.11 Å². The van der Waals surface area contributed by atoms with E-state index >= 15 is 0 Å². The van der Waals surface area contributed by atoms with Crippen molar-refractivity contribution < 1.29 is 14.6 Å². The third-order valence-electron chi connectivity index (χ3n) is 1.59. The van der Waals surface area contributed by atoms with Gasteiger partial charge in [-0.05, 0) is 0 Å². The van der Waals surface area contributed by atoms with Crippen LogP contribution in [-0.4, -0.2) is 25.4 Å². The van der Waals surface area contributed by atoms with Gasteiger partial charge in [-0.1, -0.05) is 23.2 Å². The maximum Gasteiger partial charge on any atom is 0.162 e. The van der Waals surface area contributed by atoms with Crippen LogP contribution in [0, 0.1) is 0 Å². The standard InChI is InChI=1S/C8H6Cl2O2.CH4O/c9-5-3-7-8(4-6(5)10)12-2-1-11-7;1-2/h3-4H,1-2H2;2H,1H3. The lowest BCUT2D eigenvalue weighted by Crippen LogP contribution is -2.15. The van der Waals surface area contributed by atoms with Crippen molar-refractivity contribution in [1.82, 2.24) is 0 Å². The fourth-order valence-corrected chi connectivity index (χ4v) is 1.35. The molecule has 0 radical (unpaired) electrons. The fraction of sp³-hybridized carbons (Fsp3) is 0.333. The lowest BCUT2D eigenvalue weighted by atomic mass is 10.3. The van der Waals surface area contributed by atoms with Gasteiger partial charge in [-0.25, -0.2) is 0 Å². The number of hydrogen-bond donors (Lipinski definition) is 1. The summed E-state index contributed by atoms with van der Waals surface area (Å²) in [6.07, 6.45) is 0. The summed E-state index contributed by atoms with van der Waals surface area (Å²) >= 11 is 11.6. The molecule has 2 rings (SSSR count). The molecule has 1 heterocycles. The van der Waals surface area contributed by atoms with Crippen molar-refractivity contribution in [3.8, 4) is 11.5 Å². The van der Waals surface area contributed by atoms with E-state index in [-0.39, 0.29) is 0 Å². The molecule has 1 aromatic rings. The molecule has 5 heteroatoms. The number of aliphatic hydroxyl groups excluding tert-OH is 1. The number of hydrogen-bond acceptors (Lipinski definition) is 3. The van der Waals surface area contributed by atoms with Gasteiger partial charge in [0.15, 0.2) is 11.5 Å². The van der Waals surface area contributed by atoms with E-state index in [2.05, 4.69) is 0 Å². The van der Waals surface area contributed by atoms with E-state index in [0.29, 0.717) is 34.8 Å². The first-order chi connectivity index (χ1) is 6.77. The molecule has 3 nitrogen and oxygen atoms in total. The van der Waals surface area contributed by atoms with Gasteiger partial charge in [0.05, 0.1) is 10.0 Å². The monoisotopic (exact) mass is 236 g/mol. The third kappa shape index (κ3) is 2.44. The minimum Gasteiger partial charge on any atom is -0.486 e. The number of aliphatic hydroxyl groups is 1. The van der Waals surface area contributed by atoms with Crippen LogP contribution in [-0.2, 0) is 0 Å². The van der Waals surface area contributed by atoms with E-state index in [4.69, 9.17) is 37.8 Å². The molecule has 0 amide bonds. The van der Waals surface area contributed by atoms with Crippen molar-refractivity contribution in [2.45, 2.75) is 0 Å². The van der Waals surface area contributed by atoms with E-state index < -0.39 is 0 Å². The Labute approximate surface area is 92.2 Å². The van der Waals surface area contributed by atoms with Gasteiger partial charge >= 0.3 is 0 Å². The summed E-state index contributed by atoms with van der Waals surface area (Å²) in [5.41, 5.74) is 0. The Morgan fingerprint density at radius 2 is 1.36 bits per heavy atom. The third-order valence-corrected chi connectivity index (χ3v) is 2.31.